The van der Waals surface area contributed by atoms with Crippen molar-refractivity contribution < 1.29 is 4.39 Å². The van der Waals surface area contributed by atoms with E-state index in [0.29, 0.717) is 5.69 Å². The quantitative estimate of drug-likeness (QED) is 0.765. The fourth-order valence-corrected chi connectivity index (χ4v) is 3.08. The molecule has 2 unspecified atom stereocenters. The Morgan fingerprint density at radius 3 is 1.73 bits per heavy atom. The van der Waals surface area contributed by atoms with Gasteiger partial charge in [-0.15, -0.1) is 0 Å². The standard InChI is InChI=1S/C15H27FN6/c1-9(2)20-13(17)21(10(3)4)15(19)22(14(20)18)12-8-6-5-7-11(12)16/h5-10,13-15H,17-19H2,1-4H3. The Bertz CT molecular complexity index is 487. The van der Waals surface area contributed by atoms with Gasteiger partial charge >= 0.3 is 0 Å². The third-order valence-electron chi connectivity index (χ3n) is 4.12. The second-order valence-electron chi connectivity index (χ2n) is 6.18. The van der Waals surface area contributed by atoms with Gasteiger partial charge in [-0.1, -0.05) is 12.1 Å². The minimum absolute atomic E-state index is 0.0908. The molecule has 1 aromatic rings. The SMILES string of the molecule is CC(C)N1C(N)N(c2ccccc2F)C(N)N(C(C)C)C1N. The molecule has 0 spiro atoms. The van der Waals surface area contributed by atoms with Crippen molar-refractivity contribution in [1.82, 2.24) is 9.80 Å². The van der Waals surface area contributed by atoms with Gasteiger partial charge in [-0.2, -0.15) is 0 Å². The zero-order valence-corrected chi connectivity index (χ0v) is 13.6. The van der Waals surface area contributed by atoms with Crippen molar-refractivity contribution in [3.8, 4) is 0 Å². The first-order valence-electron chi connectivity index (χ1n) is 7.61. The first-order valence-corrected chi connectivity index (χ1v) is 7.61. The number of hydrogen-bond donors (Lipinski definition) is 3. The molecule has 2 atom stereocenters. The van der Waals surface area contributed by atoms with E-state index < -0.39 is 18.9 Å². The number of nitrogens with two attached hydrogens (primary N) is 3. The summed E-state index contributed by atoms with van der Waals surface area (Å²) in [6.07, 6.45) is -1.62. The molecule has 2 rings (SSSR count). The van der Waals surface area contributed by atoms with E-state index >= 15 is 0 Å². The highest BCUT2D eigenvalue weighted by Crippen LogP contribution is 2.30. The van der Waals surface area contributed by atoms with Crippen LogP contribution in [0.15, 0.2) is 24.3 Å². The molecule has 1 heterocycles. The zero-order chi connectivity index (χ0) is 16.6. The lowest BCUT2D eigenvalue weighted by Gasteiger charge is -2.57. The van der Waals surface area contributed by atoms with Gasteiger partial charge in [0.25, 0.3) is 0 Å². The first-order chi connectivity index (χ1) is 10.3. The molecule has 1 saturated heterocycles. The third-order valence-corrected chi connectivity index (χ3v) is 4.12. The Kier molecular flexibility index (Phi) is 5.03. The maximum Gasteiger partial charge on any atom is 0.146 e. The van der Waals surface area contributed by atoms with Gasteiger partial charge in [0.15, 0.2) is 0 Å². The van der Waals surface area contributed by atoms with Gasteiger partial charge in [-0.05, 0) is 39.8 Å². The lowest BCUT2D eigenvalue weighted by molar-refractivity contribution is -0.0904. The average Bonchev–Trinajstić information content (AvgIpc) is 2.39. The van der Waals surface area contributed by atoms with Crippen LogP contribution in [-0.2, 0) is 0 Å². The number of rotatable bonds is 3. The molecule has 0 radical (unpaired) electrons. The number of nitrogens with zero attached hydrogens (tertiary/aromatic N) is 3. The Balaban J connectivity index is 2.49. The van der Waals surface area contributed by atoms with Crippen molar-refractivity contribution in [2.45, 2.75) is 58.6 Å². The molecular formula is C15H27FN6. The van der Waals surface area contributed by atoms with Crippen molar-refractivity contribution in [3.05, 3.63) is 30.1 Å². The van der Waals surface area contributed by atoms with Crippen molar-refractivity contribution in [2.75, 3.05) is 4.90 Å². The molecular weight excluding hydrogens is 283 g/mol. The summed E-state index contributed by atoms with van der Waals surface area (Å²) in [7, 11) is 0. The monoisotopic (exact) mass is 310 g/mol. The van der Waals surface area contributed by atoms with Crippen LogP contribution in [-0.4, -0.2) is 40.8 Å². The molecule has 22 heavy (non-hydrogen) atoms. The van der Waals surface area contributed by atoms with Gasteiger partial charge in [-0.25, -0.2) is 14.2 Å². The second kappa shape index (κ2) is 6.47. The van der Waals surface area contributed by atoms with Crippen LogP contribution in [0, 0.1) is 5.82 Å². The number of benzene rings is 1. The molecule has 0 aliphatic carbocycles. The van der Waals surface area contributed by atoms with Crippen LogP contribution in [0.4, 0.5) is 10.1 Å². The summed E-state index contributed by atoms with van der Waals surface area (Å²) >= 11 is 0. The maximum absolute atomic E-state index is 14.3. The fourth-order valence-electron chi connectivity index (χ4n) is 3.08. The number of para-hydroxylation sites is 1. The van der Waals surface area contributed by atoms with Crippen LogP contribution in [0.2, 0.25) is 0 Å². The molecule has 0 saturated carbocycles. The van der Waals surface area contributed by atoms with Gasteiger partial charge in [0.2, 0.25) is 0 Å². The summed E-state index contributed by atoms with van der Waals surface area (Å²) in [5.41, 5.74) is 19.5. The van der Waals surface area contributed by atoms with Gasteiger partial charge in [-0.3, -0.25) is 11.5 Å². The predicted octanol–water partition coefficient (Wildman–Crippen LogP) is 0.793. The summed E-state index contributed by atoms with van der Waals surface area (Å²) in [4.78, 5) is 5.53. The first kappa shape index (κ1) is 17.1. The van der Waals surface area contributed by atoms with Gasteiger partial charge in [0.05, 0.1) is 5.69 Å². The van der Waals surface area contributed by atoms with Crippen LogP contribution in [0.25, 0.3) is 0 Å². The van der Waals surface area contributed by atoms with Crippen molar-refractivity contribution >= 4 is 5.69 Å². The zero-order valence-electron chi connectivity index (χ0n) is 13.6. The minimum Gasteiger partial charge on any atom is -0.312 e. The predicted molar refractivity (Wildman–Crippen MR) is 86.8 cm³/mol. The molecule has 1 aliphatic rings. The largest absolute Gasteiger partial charge is 0.312 e. The number of hydrogen-bond acceptors (Lipinski definition) is 6. The molecule has 6 N–H and O–H groups in total. The van der Waals surface area contributed by atoms with Crippen LogP contribution in [0.3, 0.4) is 0 Å². The summed E-state index contributed by atoms with van der Waals surface area (Å²) < 4.78 is 14.3. The Morgan fingerprint density at radius 1 is 0.864 bits per heavy atom. The van der Waals surface area contributed by atoms with Crippen LogP contribution in [0.5, 0.6) is 0 Å². The van der Waals surface area contributed by atoms with Crippen molar-refractivity contribution in [3.63, 3.8) is 0 Å². The fraction of sp³-hybridized carbons (Fsp3) is 0.600. The summed E-state index contributed by atoms with van der Waals surface area (Å²) in [6.45, 7) is 8.03. The second-order valence-corrected chi connectivity index (χ2v) is 6.18. The maximum atomic E-state index is 14.3. The molecule has 124 valence electrons. The van der Waals surface area contributed by atoms with E-state index in [-0.39, 0.29) is 17.9 Å². The van der Waals surface area contributed by atoms with E-state index in [4.69, 9.17) is 17.2 Å². The highest BCUT2D eigenvalue weighted by molar-refractivity contribution is 5.49. The average molecular weight is 310 g/mol. The van der Waals surface area contributed by atoms with E-state index in [9.17, 15) is 4.39 Å². The van der Waals surface area contributed by atoms with Gasteiger partial charge in [0, 0.05) is 12.1 Å². The molecule has 7 heteroatoms. The topological polar surface area (TPSA) is 87.8 Å². The third kappa shape index (κ3) is 2.82. The number of halogens is 1. The summed E-state index contributed by atoms with van der Waals surface area (Å²) in [6, 6.07) is 6.68. The molecule has 0 amide bonds. The van der Waals surface area contributed by atoms with E-state index in [2.05, 4.69) is 0 Å². The van der Waals surface area contributed by atoms with Crippen LogP contribution < -0.4 is 22.1 Å². The molecule has 1 fully saturated rings. The molecule has 1 aromatic carbocycles. The Labute approximate surface area is 131 Å². The lowest BCUT2D eigenvalue weighted by atomic mass is 10.2. The molecule has 0 bridgehead atoms. The normalized spacial score (nSPS) is 27.9. The van der Waals surface area contributed by atoms with E-state index in [1.165, 1.54) is 6.07 Å². The highest BCUT2D eigenvalue weighted by Gasteiger charge is 2.44. The molecule has 0 aromatic heterocycles. The Morgan fingerprint density at radius 2 is 1.32 bits per heavy atom. The smallest absolute Gasteiger partial charge is 0.146 e. The van der Waals surface area contributed by atoms with Crippen molar-refractivity contribution in [2.24, 2.45) is 17.2 Å². The van der Waals surface area contributed by atoms with Crippen molar-refractivity contribution in [1.29, 1.82) is 0 Å². The van der Waals surface area contributed by atoms with E-state index in [1.807, 2.05) is 37.5 Å². The minimum atomic E-state index is -0.600. The molecule has 1 aliphatic heterocycles. The Hall–Kier alpha value is -1.25. The van der Waals surface area contributed by atoms with Crippen LogP contribution >= 0.6 is 0 Å². The summed E-state index contributed by atoms with van der Waals surface area (Å²) in [5, 5.41) is 0. The molecule has 6 nitrogen and oxygen atoms in total. The van der Waals surface area contributed by atoms with E-state index in [0.717, 1.165) is 0 Å². The summed E-state index contributed by atoms with van der Waals surface area (Å²) in [5.74, 6) is -0.351. The highest BCUT2D eigenvalue weighted by atomic mass is 19.1. The van der Waals surface area contributed by atoms with Gasteiger partial charge < -0.3 is 10.6 Å². The van der Waals surface area contributed by atoms with Crippen LogP contribution in [0.1, 0.15) is 27.7 Å². The van der Waals surface area contributed by atoms with E-state index in [1.54, 1.807) is 23.1 Å². The van der Waals surface area contributed by atoms with Gasteiger partial charge in [0.1, 0.15) is 24.7 Å². The number of anilines is 1. The lowest BCUT2D eigenvalue weighted by Crippen LogP contribution is -2.80.